The zero-order valence-electron chi connectivity index (χ0n) is 16.5. The number of nitrogens with zero attached hydrogens (tertiary/aromatic N) is 2. The molecule has 1 aliphatic rings. The number of nitrogens with one attached hydrogen (secondary N) is 2. The Hall–Kier alpha value is -1.61. The Morgan fingerprint density at radius 1 is 1.18 bits per heavy atom. The van der Waals surface area contributed by atoms with E-state index in [9.17, 15) is 4.79 Å². The zero-order chi connectivity index (χ0) is 19.1. The second kappa shape index (κ2) is 11.4. The highest BCUT2D eigenvalue weighted by atomic mass is 127. The Balaban J connectivity index is 0.00000280. The number of guanidine groups is 1. The predicted octanol–water partition coefficient (Wildman–Crippen LogP) is 3.96. The van der Waals surface area contributed by atoms with Crippen molar-refractivity contribution in [1.29, 1.82) is 0 Å². The lowest BCUT2D eigenvalue weighted by Gasteiger charge is -2.17. The fraction of sp³-hybridized carbons (Fsp3) is 0.429. The van der Waals surface area contributed by atoms with Gasteiger partial charge in [0.2, 0.25) is 5.91 Å². The average molecular weight is 512 g/mol. The van der Waals surface area contributed by atoms with E-state index in [1.165, 1.54) is 16.0 Å². The molecule has 1 unspecified atom stereocenters. The van der Waals surface area contributed by atoms with Crippen LogP contribution < -0.4 is 10.6 Å². The third-order valence-corrected chi connectivity index (χ3v) is 5.99. The summed E-state index contributed by atoms with van der Waals surface area (Å²) >= 11 is 1.78. The SMILES string of the molecule is CN=C(NCCCC(=O)N1Cc2ccccc2C1)NCC(C)c1cccs1.I. The fourth-order valence-electron chi connectivity index (χ4n) is 3.26. The number of fused-ring (bicyclic) bond motifs is 1. The third-order valence-electron chi connectivity index (χ3n) is 4.88. The Morgan fingerprint density at radius 2 is 1.89 bits per heavy atom. The molecule has 1 aliphatic heterocycles. The minimum Gasteiger partial charge on any atom is -0.356 e. The van der Waals surface area contributed by atoms with Crippen LogP contribution in [0.15, 0.2) is 46.8 Å². The van der Waals surface area contributed by atoms with Crippen LogP contribution in [0.4, 0.5) is 0 Å². The molecule has 0 spiro atoms. The van der Waals surface area contributed by atoms with Gasteiger partial charge in [-0.2, -0.15) is 0 Å². The van der Waals surface area contributed by atoms with Gasteiger partial charge in [0, 0.05) is 50.4 Å². The number of carbonyl (C=O) groups is 1. The Labute approximate surface area is 188 Å². The van der Waals surface area contributed by atoms with Crippen LogP contribution in [-0.4, -0.2) is 36.9 Å². The largest absolute Gasteiger partial charge is 0.356 e. The van der Waals surface area contributed by atoms with E-state index in [-0.39, 0.29) is 29.9 Å². The third kappa shape index (κ3) is 6.20. The van der Waals surface area contributed by atoms with E-state index in [0.717, 1.165) is 38.6 Å². The molecular weight excluding hydrogens is 483 g/mol. The molecule has 0 fully saturated rings. The highest BCUT2D eigenvalue weighted by molar-refractivity contribution is 14.0. The van der Waals surface area contributed by atoms with Crippen molar-refractivity contribution in [3.8, 4) is 0 Å². The van der Waals surface area contributed by atoms with E-state index in [1.54, 1.807) is 18.4 Å². The van der Waals surface area contributed by atoms with Crippen molar-refractivity contribution in [2.75, 3.05) is 20.1 Å². The standard InChI is InChI=1S/C21H28N4OS.HI/c1-16(19-9-6-12-27-19)13-24-21(22-2)23-11-5-10-20(26)25-14-17-7-3-4-8-18(17)15-25;/h3-4,6-9,12,16H,5,10-11,13-15H2,1-2H3,(H2,22,23,24);1H. The first kappa shape index (κ1) is 22.7. The van der Waals surface area contributed by atoms with Gasteiger partial charge in [-0.1, -0.05) is 37.3 Å². The van der Waals surface area contributed by atoms with Crippen LogP contribution >= 0.6 is 35.3 Å². The number of rotatable bonds is 7. The second-order valence-electron chi connectivity index (χ2n) is 6.92. The van der Waals surface area contributed by atoms with Crippen molar-refractivity contribution in [1.82, 2.24) is 15.5 Å². The highest BCUT2D eigenvalue weighted by Gasteiger charge is 2.22. The number of aliphatic imine (C=N–C) groups is 1. The van der Waals surface area contributed by atoms with Gasteiger partial charge < -0.3 is 15.5 Å². The molecule has 28 heavy (non-hydrogen) atoms. The second-order valence-corrected chi connectivity index (χ2v) is 7.90. The number of amides is 1. The van der Waals surface area contributed by atoms with Gasteiger partial charge in [0.15, 0.2) is 5.96 Å². The normalized spacial score (nSPS) is 14.2. The number of thiophene rings is 1. The van der Waals surface area contributed by atoms with Gasteiger partial charge in [-0.05, 0) is 29.0 Å². The molecule has 5 nitrogen and oxygen atoms in total. The van der Waals surface area contributed by atoms with Crippen molar-refractivity contribution >= 4 is 47.2 Å². The Morgan fingerprint density at radius 3 is 2.50 bits per heavy atom. The monoisotopic (exact) mass is 512 g/mol. The number of carbonyl (C=O) groups excluding carboxylic acids is 1. The van der Waals surface area contributed by atoms with E-state index in [1.807, 2.05) is 17.0 Å². The highest BCUT2D eigenvalue weighted by Crippen LogP contribution is 2.23. The summed E-state index contributed by atoms with van der Waals surface area (Å²) in [4.78, 5) is 20.0. The van der Waals surface area contributed by atoms with E-state index in [4.69, 9.17) is 0 Å². The zero-order valence-corrected chi connectivity index (χ0v) is 19.6. The fourth-order valence-corrected chi connectivity index (χ4v) is 4.04. The molecule has 152 valence electrons. The Bertz CT molecular complexity index is 753. The van der Waals surface area contributed by atoms with Crippen LogP contribution in [0, 0.1) is 0 Å². The van der Waals surface area contributed by atoms with Crippen molar-refractivity contribution < 1.29 is 4.79 Å². The van der Waals surface area contributed by atoms with E-state index in [0.29, 0.717) is 12.3 Å². The molecule has 0 saturated carbocycles. The van der Waals surface area contributed by atoms with Gasteiger partial charge in [-0.25, -0.2) is 0 Å². The van der Waals surface area contributed by atoms with Gasteiger partial charge in [-0.15, -0.1) is 35.3 Å². The van der Waals surface area contributed by atoms with Crippen LogP contribution in [0.3, 0.4) is 0 Å². The van der Waals surface area contributed by atoms with Crippen molar-refractivity contribution in [2.45, 2.75) is 38.8 Å². The number of hydrogen-bond donors (Lipinski definition) is 2. The minimum absolute atomic E-state index is 0. The van der Waals surface area contributed by atoms with Gasteiger partial charge in [0.05, 0.1) is 0 Å². The summed E-state index contributed by atoms with van der Waals surface area (Å²) in [5.41, 5.74) is 2.54. The van der Waals surface area contributed by atoms with Gasteiger partial charge in [-0.3, -0.25) is 9.79 Å². The smallest absolute Gasteiger partial charge is 0.223 e. The minimum atomic E-state index is 0. The van der Waals surface area contributed by atoms with E-state index >= 15 is 0 Å². The summed E-state index contributed by atoms with van der Waals surface area (Å²) in [6.45, 7) is 5.27. The lowest BCUT2D eigenvalue weighted by Crippen LogP contribution is -2.39. The molecule has 2 N–H and O–H groups in total. The predicted molar refractivity (Wildman–Crippen MR) is 127 cm³/mol. The summed E-state index contributed by atoms with van der Waals surface area (Å²) in [7, 11) is 1.78. The summed E-state index contributed by atoms with van der Waals surface area (Å²) in [6.07, 6.45) is 1.36. The van der Waals surface area contributed by atoms with E-state index in [2.05, 4.69) is 52.2 Å². The Kier molecular flexibility index (Phi) is 9.24. The van der Waals surface area contributed by atoms with Crippen LogP contribution in [0.5, 0.6) is 0 Å². The number of hydrogen-bond acceptors (Lipinski definition) is 3. The van der Waals surface area contributed by atoms with Crippen LogP contribution in [0.1, 0.15) is 41.7 Å². The van der Waals surface area contributed by atoms with Crippen LogP contribution in [0.25, 0.3) is 0 Å². The summed E-state index contributed by atoms with van der Waals surface area (Å²) in [5.74, 6) is 1.46. The van der Waals surface area contributed by atoms with Gasteiger partial charge in [0.1, 0.15) is 0 Å². The molecule has 1 aromatic heterocycles. The first-order chi connectivity index (χ1) is 13.2. The van der Waals surface area contributed by atoms with Crippen molar-refractivity contribution in [3.63, 3.8) is 0 Å². The summed E-state index contributed by atoms with van der Waals surface area (Å²) in [6, 6.07) is 12.5. The van der Waals surface area contributed by atoms with Crippen molar-refractivity contribution in [2.24, 2.45) is 4.99 Å². The lowest BCUT2D eigenvalue weighted by atomic mass is 10.1. The summed E-state index contributed by atoms with van der Waals surface area (Å²) < 4.78 is 0. The molecule has 3 rings (SSSR count). The molecular formula is C21H29IN4OS. The molecule has 1 aromatic carbocycles. The van der Waals surface area contributed by atoms with Crippen LogP contribution in [0.2, 0.25) is 0 Å². The molecule has 0 bridgehead atoms. The molecule has 2 heterocycles. The van der Waals surface area contributed by atoms with Gasteiger partial charge in [0.25, 0.3) is 0 Å². The number of halogens is 1. The maximum Gasteiger partial charge on any atom is 0.223 e. The molecule has 0 radical (unpaired) electrons. The first-order valence-electron chi connectivity index (χ1n) is 9.50. The number of benzene rings is 1. The molecule has 1 atom stereocenters. The molecule has 7 heteroatoms. The average Bonchev–Trinajstić information content (AvgIpc) is 3.36. The lowest BCUT2D eigenvalue weighted by molar-refractivity contribution is -0.131. The maximum atomic E-state index is 12.4. The molecule has 2 aromatic rings. The maximum absolute atomic E-state index is 12.4. The first-order valence-corrected chi connectivity index (χ1v) is 10.4. The molecule has 0 saturated heterocycles. The molecule has 1 amide bonds. The summed E-state index contributed by atoms with van der Waals surface area (Å²) in [5, 5.41) is 8.77. The van der Waals surface area contributed by atoms with Crippen molar-refractivity contribution in [3.05, 3.63) is 57.8 Å². The van der Waals surface area contributed by atoms with Gasteiger partial charge >= 0.3 is 0 Å². The molecule has 0 aliphatic carbocycles. The topological polar surface area (TPSA) is 56.7 Å². The quantitative estimate of drug-likeness (QED) is 0.256. The van der Waals surface area contributed by atoms with E-state index < -0.39 is 0 Å². The van der Waals surface area contributed by atoms with Crippen LogP contribution in [-0.2, 0) is 17.9 Å².